The van der Waals surface area contributed by atoms with Crippen molar-refractivity contribution < 1.29 is 14.3 Å². The summed E-state index contributed by atoms with van der Waals surface area (Å²) in [5.41, 5.74) is 6.13. The van der Waals surface area contributed by atoms with Crippen LogP contribution in [0.3, 0.4) is 0 Å². The summed E-state index contributed by atoms with van der Waals surface area (Å²) in [6, 6.07) is 9.64. The average Bonchev–Trinajstić information content (AvgIpc) is 2.74. The Morgan fingerprint density at radius 3 is 2.68 bits per heavy atom. The predicted molar refractivity (Wildman–Crippen MR) is 109 cm³/mol. The van der Waals surface area contributed by atoms with E-state index in [2.05, 4.69) is 0 Å². The van der Waals surface area contributed by atoms with Crippen molar-refractivity contribution in [3.63, 3.8) is 0 Å². The Labute approximate surface area is 168 Å². The van der Waals surface area contributed by atoms with E-state index in [9.17, 15) is 9.59 Å². The summed E-state index contributed by atoms with van der Waals surface area (Å²) in [7, 11) is 0. The minimum Gasteiger partial charge on any atom is -0.493 e. The van der Waals surface area contributed by atoms with E-state index in [1.54, 1.807) is 0 Å². The fraction of sp³-hybridized carbons (Fsp3) is 0.636. The van der Waals surface area contributed by atoms with E-state index in [1.165, 1.54) is 0 Å². The number of nitrogens with zero attached hydrogens (tertiary/aromatic N) is 2. The molecule has 2 N–H and O–H groups in total. The topological polar surface area (TPSA) is 75.9 Å². The highest BCUT2D eigenvalue weighted by molar-refractivity contribution is 5.82. The maximum Gasteiger partial charge on any atom is 0.227 e. The van der Waals surface area contributed by atoms with Gasteiger partial charge in [-0.05, 0) is 51.2 Å². The number of likely N-dealkylation sites (tertiary alicyclic amines) is 2. The molecule has 2 heterocycles. The minimum atomic E-state index is -0.105. The summed E-state index contributed by atoms with van der Waals surface area (Å²) >= 11 is 0. The SMILES string of the molecule is CC(N)C1CCCCN1C(=O)C1CCCN(C(=O)CCOc2ccccc2)C1. The van der Waals surface area contributed by atoms with Gasteiger partial charge in [-0.2, -0.15) is 0 Å². The highest BCUT2D eigenvalue weighted by Crippen LogP contribution is 2.25. The van der Waals surface area contributed by atoms with Crippen molar-refractivity contribution in [2.45, 2.75) is 57.5 Å². The quantitative estimate of drug-likeness (QED) is 0.813. The van der Waals surface area contributed by atoms with Gasteiger partial charge in [0.2, 0.25) is 11.8 Å². The number of hydrogen-bond donors (Lipinski definition) is 1. The first-order valence-corrected chi connectivity index (χ1v) is 10.6. The lowest BCUT2D eigenvalue weighted by atomic mass is 9.91. The number of rotatable bonds is 6. The van der Waals surface area contributed by atoms with Gasteiger partial charge < -0.3 is 20.3 Å². The maximum atomic E-state index is 13.1. The molecule has 6 nitrogen and oxygen atoms in total. The molecule has 3 unspecified atom stereocenters. The Balaban J connectivity index is 1.51. The first-order chi connectivity index (χ1) is 13.6. The zero-order valence-corrected chi connectivity index (χ0v) is 16.9. The maximum absolute atomic E-state index is 13.1. The Morgan fingerprint density at radius 2 is 1.93 bits per heavy atom. The molecule has 3 rings (SSSR count). The van der Waals surface area contributed by atoms with Crippen molar-refractivity contribution >= 4 is 11.8 Å². The molecule has 0 aliphatic carbocycles. The van der Waals surface area contributed by atoms with Crippen molar-refractivity contribution in [1.82, 2.24) is 9.80 Å². The monoisotopic (exact) mass is 387 g/mol. The van der Waals surface area contributed by atoms with Gasteiger partial charge in [-0.15, -0.1) is 0 Å². The van der Waals surface area contributed by atoms with Crippen molar-refractivity contribution in [3.05, 3.63) is 30.3 Å². The van der Waals surface area contributed by atoms with Crippen LogP contribution >= 0.6 is 0 Å². The number of hydrogen-bond acceptors (Lipinski definition) is 4. The van der Waals surface area contributed by atoms with E-state index in [-0.39, 0.29) is 29.8 Å². The fourth-order valence-electron chi connectivity index (χ4n) is 4.35. The molecule has 0 spiro atoms. The van der Waals surface area contributed by atoms with Crippen LogP contribution in [0, 0.1) is 5.92 Å². The Bertz CT molecular complexity index is 650. The van der Waals surface area contributed by atoms with E-state index in [0.29, 0.717) is 19.6 Å². The third-order valence-corrected chi connectivity index (χ3v) is 5.89. The fourth-order valence-corrected chi connectivity index (χ4v) is 4.35. The zero-order chi connectivity index (χ0) is 19.9. The van der Waals surface area contributed by atoms with Crippen LogP contribution in [0.1, 0.15) is 45.4 Å². The van der Waals surface area contributed by atoms with Crippen molar-refractivity contribution in [3.8, 4) is 5.75 Å². The lowest BCUT2D eigenvalue weighted by Gasteiger charge is -2.42. The molecule has 2 fully saturated rings. The lowest BCUT2D eigenvalue weighted by Crippen LogP contribution is -2.55. The highest BCUT2D eigenvalue weighted by atomic mass is 16.5. The van der Waals surface area contributed by atoms with Gasteiger partial charge in [-0.1, -0.05) is 18.2 Å². The van der Waals surface area contributed by atoms with E-state index in [0.717, 1.165) is 50.9 Å². The largest absolute Gasteiger partial charge is 0.493 e. The molecule has 1 aromatic carbocycles. The molecule has 6 heteroatoms. The normalized spacial score (nSPS) is 23.9. The molecule has 2 aliphatic heterocycles. The third kappa shape index (κ3) is 5.25. The standard InChI is InChI=1S/C22H33N3O3/c1-17(23)20-11-5-6-14-25(20)22(27)18-8-7-13-24(16-18)21(26)12-15-28-19-9-3-2-4-10-19/h2-4,9-10,17-18,20H,5-8,11-16,23H2,1H3. The van der Waals surface area contributed by atoms with E-state index >= 15 is 0 Å². The Kier molecular flexibility index (Phi) is 7.31. The smallest absolute Gasteiger partial charge is 0.227 e. The number of carbonyl (C=O) groups is 2. The molecule has 28 heavy (non-hydrogen) atoms. The van der Waals surface area contributed by atoms with Gasteiger partial charge in [0, 0.05) is 31.7 Å². The zero-order valence-electron chi connectivity index (χ0n) is 16.9. The van der Waals surface area contributed by atoms with Crippen LogP contribution in [0.4, 0.5) is 0 Å². The van der Waals surface area contributed by atoms with E-state index < -0.39 is 0 Å². The van der Waals surface area contributed by atoms with Crippen LogP contribution in [0.2, 0.25) is 0 Å². The summed E-state index contributed by atoms with van der Waals surface area (Å²) in [6.07, 6.45) is 5.22. The van der Waals surface area contributed by atoms with E-state index in [4.69, 9.17) is 10.5 Å². The van der Waals surface area contributed by atoms with Gasteiger partial charge in [0.25, 0.3) is 0 Å². The minimum absolute atomic E-state index is 0.0132. The number of ether oxygens (including phenoxy) is 1. The second-order valence-electron chi connectivity index (χ2n) is 8.04. The number of benzene rings is 1. The van der Waals surface area contributed by atoms with Gasteiger partial charge >= 0.3 is 0 Å². The third-order valence-electron chi connectivity index (χ3n) is 5.89. The second kappa shape index (κ2) is 9.92. The highest BCUT2D eigenvalue weighted by Gasteiger charge is 2.36. The summed E-state index contributed by atoms with van der Waals surface area (Å²) in [5, 5.41) is 0. The molecular weight excluding hydrogens is 354 g/mol. The van der Waals surface area contributed by atoms with Crippen LogP contribution in [0.5, 0.6) is 5.75 Å². The van der Waals surface area contributed by atoms with Gasteiger partial charge in [-0.3, -0.25) is 9.59 Å². The number of amides is 2. The summed E-state index contributed by atoms with van der Waals surface area (Å²) in [6.45, 7) is 4.38. The van der Waals surface area contributed by atoms with Crippen LogP contribution in [0.25, 0.3) is 0 Å². The molecule has 2 amide bonds. The van der Waals surface area contributed by atoms with Crippen LogP contribution < -0.4 is 10.5 Å². The number of para-hydroxylation sites is 1. The van der Waals surface area contributed by atoms with Crippen molar-refractivity contribution in [1.29, 1.82) is 0 Å². The first-order valence-electron chi connectivity index (χ1n) is 10.6. The number of carbonyl (C=O) groups excluding carboxylic acids is 2. The van der Waals surface area contributed by atoms with Gasteiger partial charge in [-0.25, -0.2) is 0 Å². The van der Waals surface area contributed by atoms with Crippen molar-refractivity contribution in [2.24, 2.45) is 11.7 Å². The van der Waals surface area contributed by atoms with Crippen molar-refractivity contribution in [2.75, 3.05) is 26.2 Å². The van der Waals surface area contributed by atoms with Gasteiger partial charge in [0.15, 0.2) is 0 Å². The molecule has 2 saturated heterocycles. The summed E-state index contributed by atoms with van der Waals surface area (Å²) < 4.78 is 5.64. The van der Waals surface area contributed by atoms with Gasteiger partial charge in [0.1, 0.15) is 5.75 Å². The average molecular weight is 388 g/mol. The van der Waals surface area contributed by atoms with E-state index in [1.807, 2.05) is 47.1 Å². The Hall–Kier alpha value is -2.08. The first kappa shape index (κ1) is 20.6. The molecular formula is C22H33N3O3. The van der Waals surface area contributed by atoms with Crippen LogP contribution in [-0.2, 0) is 9.59 Å². The number of nitrogens with two attached hydrogens (primary N) is 1. The molecule has 2 aliphatic rings. The molecule has 0 saturated carbocycles. The number of piperidine rings is 2. The second-order valence-corrected chi connectivity index (χ2v) is 8.04. The molecule has 3 atom stereocenters. The summed E-state index contributed by atoms with van der Waals surface area (Å²) in [5.74, 6) is 0.914. The molecule has 0 radical (unpaired) electrons. The lowest BCUT2D eigenvalue weighted by molar-refractivity contribution is -0.144. The van der Waals surface area contributed by atoms with Crippen LogP contribution in [0.15, 0.2) is 30.3 Å². The van der Waals surface area contributed by atoms with Gasteiger partial charge in [0.05, 0.1) is 18.9 Å². The molecule has 1 aromatic rings. The molecule has 0 bridgehead atoms. The predicted octanol–water partition coefficient (Wildman–Crippen LogP) is 2.42. The Morgan fingerprint density at radius 1 is 1.14 bits per heavy atom. The van der Waals surface area contributed by atoms with Crippen LogP contribution in [-0.4, -0.2) is 59.9 Å². The summed E-state index contributed by atoms with van der Waals surface area (Å²) in [4.78, 5) is 29.6. The molecule has 0 aromatic heterocycles. The molecule has 154 valence electrons.